The van der Waals surface area contributed by atoms with E-state index in [1.807, 2.05) is 12.1 Å². The molecule has 6 rings (SSSR count). The first-order valence-electron chi connectivity index (χ1n) is 13.9. The van der Waals surface area contributed by atoms with Crippen molar-refractivity contribution in [1.82, 2.24) is 9.88 Å². The van der Waals surface area contributed by atoms with Crippen molar-refractivity contribution >= 4 is 40.4 Å². The number of nitrogens with two attached hydrogens (primary N) is 1. The van der Waals surface area contributed by atoms with Gasteiger partial charge in [-0.05, 0) is 61.9 Å². The number of primary amides is 1. The monoisotopic (exact) mass is 538 g/mol. The molecule has 2 aromatic rings. The van der Waals surface area contributed by atoms with Crippen LogP contribution in [0.1, 0.15) is 24.8 Å². The normalized spacial score (nSPS) is 26.7. The Morgan fingerprint density at radius 3 is 2.77 bits per heavy atom. The fraction of sp³-hybridized carbons (Fsp3) is 0.400. The highest BCUT2D eigenvalue weighted by molar-refractivity contribution is 6.02. The molecule has 2 aliphatic heterocycles. The van der Waals surface area contributed by atoms with Crippen LogP contribution in [0, 0.1) is 29.1 Å². The summed E-state index contributed by atoms with van der Waals surface area (Å²) in [6.45, 7) is 7.73. The van der Waals surface area contributed by atoms with Crippen molar-refractivity contribution in [3.63, 3.8) is 0 Å². The molecule has 5 atom stereocenters. The molecule has 1 aromatic heterocycles. The number of nitriles is 1. The summed E-state index contributed by atoms with van der Waals surface area (Å²) in [5.74, 6) is -0.174. The zero-order chi connectivity index (χ0) is 27.8. The maximum Gasteiger partial charge on any atom is 0.247 e. The number of rotatable bonds is 8. The van der Waals surface area contributed by atoms with E-state index in [1.54, 1.807) is 6.07 Å². The van der Waals surface area contributed by atoms with E-state index in [9.17, 15) is 14.9 Å². The van der Waals surface area contributed by atoms with E-state index in [2.05, 4.69) is 61.6 Å². The Morgan fingerprint density at radius 2 is 1.98 bits per heavy atom. The Bertz CT molecular complexity index is 1410. The van der Waals surface area contributed by atoms with Gasteiger partial charge in [0.05, 0.1) is 28.5 Å². The fourth-order valence-electron chi connectivity index (χ4n) is 6.81. The highest BCUT2D eigenvalue weighted by atomic mass is 16.1. The van der Waals surface area contributed by atoms with E-state index in [4.69, 9.17) is 5.73 Å². The molecule has 1 unspecified atom stereocenters. The zero-order valence-electron chi connectivity index (χ0n) is 22.3. The molecule has 2 bridgehead atoms. The molecule has 2 saturated heterocycles. The predicted octanol–water partition coefficient (Wildman–Crippen LogP) is 3.19. The van der Waals surface area contributed by atoms with Crippen LogP contribution in [0.25, 0.3) is 0 Å². The molecule has 4 aliphatic rings. The van der Waals surface area contributed by atoms with E-state index >= 15 is 0 Å². The Balaban J connectivity index is 1.26. The number of nitrogens with zero attached hydrogens (tertiary/aromatic N) is 4. The number of carbonyl (C=O) groups is 2. The van der Waals surface area contributed by atoms with Gasteiger partial charge in [0.1, 0.15) is 11.9 Å². The molecule has 10 nitrogen and oxygen atoms in total. The first-order valence-corrected chi connectivity index (χ1v) is 13.9. The molecule has 0 spiro atoms. The van der Waals surface area contributed by atoms with Gasteiger partial charge in [-0.25, -0.2) is 4.98 Å². The highest BCUT2D eigenvalue weighted by Crippen LogP contribution is 2.45. The molecule has 3 fully saturated rings. The standard InChI is InChI=1S/C30H34N8O2/c1-2-27(39)35-25-13-21(38-11-10-37-9-3-4-22(37)17-38)7-8-23(25)34-26-14-24(20(15-31)16-33-26)36-29-19-6-5-18(12-19)28(29)30(32)40/h2,5-8,13-14,16,18-19,22,28-29H,1,3-4,9-12,17H2,(H2,32,40)(H,35,39)(H2,33,34,36)/t18-,19+,22?,28+,29-/m1/s1. The van der Waals surface area contributed by atoms with Gasteiger partial charge in [-0.15, -0.1) is 0 Å². The van der Waals surface area contributed by atoms with Crippen LogP contribution in [0.4, 0.5) is 28.6 Å². The minimum Gasteiger partial charge on any atom is -0.380 e. The highest BCUT2D eigenvalue weighted by Gasteiger charge is 2.47. The minimum atomic E-state index is -0.336. The van der Waals surface area contributed by atoms with Gasteiger partial charge in [-0.3, -0.25) is 14.5 Å². The largest absolute Gasteiger partial charge is 0.380 e. The fourth-order valence-corrected chi connectivity index (χ4v) is 6.81. The molecule has 10 heteroatoms. The number of hydrogen-bond acceptors (Lipinski definition) is 8. The molecule has 3 heterocycles. The van der Waals surface area contributed by atoms with Gasteiger partial charge in [0, 0.05) is 49.7 Å². The summed E-state index contributed by atoms with van der Waals surface area (Å²) in [5, 5.41) is 19.4. The van der Waals surface area contributed by atoms with Crippen LogP contribution in [0.3, 0.4) is 0 Å². The summed E-state index contributed by atoms with van der Waals surface area (Å²) < 4.78 is 0. The Kier molecular flexibility index (Phi) is 6.90. The van der Waals surface area contributed by atoms with Crippen LogP contribution >= 0.6 is 0 Å². The molecular formula is C30H34N8O2. The predicted molar refractivity (Wildman–Crippen MR) is 155 cm³/mol. The van der Waals surface area contributed by atoms with E-state index in [1.165, 1.54) is 31.7 Å². The number of carbonyl (C=O) groups excluding carboxylic acids is 2. The van der Waals surface area contributed by atoms with Gasteiger partial charge in [0.2, 0.25) is 11.8 Å². The molecule has 0 radical (unpaired) electrons. The van der Waals surface area contributed by atoms with Crippen LogP contribution in [0.15, 0.2) is 55.3 Å². The number of benzene rings is 1. The van der Waals surface area contributed by atoms with Crippen molar-refractivity contribution in [2.45, 2.75) is 31.3 Å². The van der Waals surface area contributed by atoms with Crippen molar-refractivity contribution in [2.24, 2.45) is 23.5 Å². The third kappa shape index (κ3) is 4.89. The SMILES string of the molecule is C=CC(=O)Nc1cc(N2CCN3CCCC3C2)ccc1Nc1cc(N[C@H]2[C@@H](C(N)=O)[C@@H]3C=C[C@H]2C3)c(C#N)cn1. The van der Waals surface area contributed by atoms with E-state index in [0.29, 0.717) is 34.5 Å². The average Bonchev–Trinajstić information content (AvgIpc) is 3.70. The van der Waals surface area contributed by atoms with E-state index < -0.39 is 0 Å². The number of amides is 2. The molecule has 2 amide bonds. The van der Waals surface area contributed by atoms with Crippen molar-refractivity contribution in [3.05, 3.63) is 60.8 Å². The molecule has 2 aliphatic carbocycles. The van der Waals surface area contributed by atoms with Crippen LogP contribution in [-0.2, 0) is 9.59 Å². The lowest BCUT2D eigenvalue weighted by Gasteiger charge is -2.39. The Hall–Kier alpha value is -4.36. The summed E-state index contributed by atoms with van der Waals surface area (Å²) in [5.41, 5.74) is 9.03. The number of anilines is 5. The molecule has 1 aromatic carbocycles. The van der Waals surface area contributed by atoms with Crippen molar-refractivity contribution in [3.8, 4) is 6.07 Å². The van der Waals surface area contributed by atoms with Gasteiger partial charge in [-0.2, -0.15) is 5.26 Å². The van der Waals surface area contributed by atoms with Crippen molar-refractivity contribution < 1.29 is 9.59 Å². The van der Waals surface area contributed by atoms with Gasteiger partial charge in [0.15, 0.2) is 0 Å². The smallest absolute Gasteiger partial charge is 0.247 e. The lowest BCUT2D eigenvalue weighted by molar-refractivity contribution is -0.122. The number of piperazine rings is 1. The number of pyridine rings is 1. The average molecular weight is 539 g/mol. The third-order valence-electron chi connectivity index (χ3n) is 8.80. The minimum absolute atomic E-state index is 0.121. The molecule has 1 saturated carbocycles. The second-order valence-corrected chi connectivity index (χ2v) is 11.1. The zero-order valence-corrected chi connectivity index (χ0v) is 22.3. The molecule has 40 heavy (non-hydrogen) atoms. The summed E-state index contributed by atoms with van der Waals surface area (Å²) in [6, 6.07) is 10.3. The Labute approximate surface area is 233 Å². The molecule has 206 valence electrons. The summed E-state index contributed by atoms with van der Waals surface area (Å²) in [4.78, 5) is 33.9. The van der Waals surface area contributed by atoms with Gasteiger partial charge >= 0.3 is 0 Å². The first kappa shape index (κ1) is 25.9. The van der Waals surface area contributed by atoms with Crippen LogP contribution in [0.5, 0.6) is 0 Å². The number of allylic oxidation sites excluding steroid dienone is 1. The van der Waals surface area contributed by atoms with Crippen LogP contribution in [-0.4, -0.2) is 60.0 Å². The summed E-state index contributed by atoms with van der Waals surface area (Å²) >= 11 is 0. The number of aromatic nitrogens is 1. The van der Waals surface area contributed by atoms with Crippen LogP contribution in [0.2, 0.25) is 0 Å². The number of fused-ring (bicyclic) bond motifs is 3. The maximum atomic E-state index is 12.3. The van der Waals surface area contributed by atoms with E-state index in [0.717, 1.165) is 31.7 Å². The first-order chi connectivity index (χ1) is 19.4. The number of hydrogen-bond donors (Lipinski definition) is 4. The molecular weight excluding hydrogens is 504 g/mol. The topological polar surface area (TPSA) is 139 Å². The molecule has 5 N–H and O–H groups in total. The number of nitrogens with one attached hydrogen (secondary N) is 3. The van der Waals surface area contributed by atoms with Gasteiger partial charge in [-0.1, -0.05) is 18.7 Å². The van der Waals surface area contributed by atoms with Crippen molar-refractivity contribution in [2.75, 3.05) is 47.0 Å². The van der Waals surface area contributed by atoms with Crippen molar-refractivity contribution in [1.29, 1.82) is 5.26 Å². The summed E-state index contributed by atoms with van der Waals surface area (Å²) in [6.07, 6.45) is 10.3. The van der Waals surface area contributed by atoms with E-state index in [-0.39, 0.29) is 35.6 Å². The van der Waals surface area contributed by atoms with Crippen LogP contribution < -0.4 is 26.6 Å². The third-order valence-corrected chi connectivity index (χ3v) is 8.80. The van der Waals surface area contributed by atoms with Gasteiger partial charge in [0.25, 0.3) is 0 Å². The van der Waals surface area contributed by atoms with Gasteiger partial charge < -0.3 is 26.6 Å². The quantitative estimate of drug-likeness (QED) is 0.297. The second-order valence-electron chi connectivity index (χ2n) is 11.1. The Morgan fingerprint density at radius 1 is 1.12 bits per heavy atom. The second kappa shape index (κ2) is 10.7. The maximum absolute atomic E-state index is 12.3. The lowest BCUT2D eigenvalue weighted by Crippen LogP contribution is -2.50. The lowest BCUT2D eigenvalue weighted by atomic mass is 9.88. The summed E-state index contributed by atoms with van der Waals surface area (Å²) in [7, 11) is 0.